The summed E-state index contributed by atoms with van der Waals surface area (Å²) in [6.45, 7) is 7.24. The highest BCUT2D eigenvalue weighted by Crippen LogP contribution is 2.29. The number of esters is 1. The molecule has 2 fully saturated rings. The van der Waals surface area contributed by atoms with E-state index in [9.17, 15) is 9.59 Å². The Labute approximate surface area is 189 Å². The van der Waals surface area contributed by atoms with Crippen LogP contribution < -0.4 is 15.5 Å². The van der Waals surface area contributed by atoms with E-state index in [0.29, 0.717) is 13.2 Å². The van der Waals surface area contributed by atoms with E-state index in [1.54, 1.807) is 0 Å². The van der Waals surface area contributed by atoms with Gasteiger partial charge in [0.15, 0.2) is 0 Å². The molecule has 0 bridgehead atoms. The van der Waals surface area contributed by atoms with E-state index >= 15 is 0 Å². The number of hydrogen-bond acceptors (Lipinski definition) is 6. The Hall–Kier alpha value is -2.67. The molecule has 7 heteroatoms. The molecular weight excluding hydrogens is 404 g/mol. The Morgan fingerprint density at radius 2 is 2.06 bits per heavy atom. The van der Waals surface area contributed by atoms with Gasteiger partial charge in [-0.3, -0.25) is 9.59 Å². The number of hydrogen-bond donors (Lipinski definition) is 2. The second-order valence-electron chi connectivity index (χ2n) is 8.85. The van der Waals surface area contributed by atoms with Gasteiger partial charge in [0.2, 0.25) is 5.91 Å². The maximum absolute atomic E-state index is 12.4. The van der Waals surface area contributed by atoms with Gasteiger partial charge in [0.1, 0.15) is 5.82 Å². The molecule has 2 saturated heterocycles. The molecule has 1 aromatic heterocycles. The van der Waals surface area contributed by atoms with E-state index in [4.69, 9.17) is 9.72 Å². The quantitative estimate of drug-likeness (QED) is 0.675. The van der Waals surface area contributed by atoms with Crippen molar-refractivity contribution in [2.75, 3.05) is 31.1 Å². The van der Waals surface area contributed by atoms with Crippen LogP contribution in [0.15, 0.2) is 24.3 Å². The number of benzene rings is 1. The van der Waals surface area contributed by atoms with Gasteiger partial charge >= 0.3 is 5.97 Å². The van der Waals surface area contributed by atoms with Crippen molar-refractivity contribution in [3.05, 3.63) is 35.4 Å². The zero-order valence-corrected chi connectivity index (χ0v) is 19.2. The van der Waals surface area contributed by atoms with Crippen LogP contribution in [0.2, 0.25) is 0 Å². The molecule has 3 heterocycles. The number of carbonyl (C=O) groups is 2. The summed E-state index contributed by atoms with van der Waals surface area (Å²) in [6, 6.07) is 8.25. The van der Waals surface area contributed by atoms with Crippen LogP contribution in [0, 0.1) is 12.8 Å². The molecule has 0 saturated carbocycles. The minimum atomic E-state index is -0.173. The van der Waals surface area contributed by atoms with E-state index in [1.807, 2.05) is 6.92 Å². The molecule has 7 nitrogen and oxygen atoms in total. The average molecular weight is 439 g/mol. The predicted molar refractivity (Wildman–Crippen MR) is 126 cm³/mol. The van der Waals surface area contributed by atoms with Gasteiger partial charge < -0.3 is 20.3 Å². The molecule has 2 N–H and O–H groups in total. The summed E-state index contributed by atoms with van der Waals surface area (Å²) in [5, 5.41) is 7.59. The van der Waals surface area contributed by atoms with Crippen LogP contribution in [0.3, 0.4) is 0 Å². The van der Waals surface area contributed by atoms with Crippen LogP contribution in [0.5, 0.6) is 0 Å². The number of para-hydroxylation sites is 1. The number of rotatable bonds is 6. The number of nitrogens with zero attached hydrogens (tertiary/aromatic N) is 2. The van der Waals surface area contributed by atoms with Crippen molar-refractivity contribution in [3.8, 4) is 0 Å². The Bertz CT molecular complexity index is 969. The molecule has 1 atom stereocenters. The maximum atomic E-state index is 12.4. The van der Waals surface area contributed by atoms with Crippen molar-refractivity contribution < 1.29 is 14.3 Å². The van der Waals surface area contributed by atoms with E-state index in [1.165, 1.54) is 0 Å². The topological polar surface area (TPSA) is 83.6 Å². The molecule has 1 amide bonds. The molecule has 2 aliphatic heterocycles. The smallest absolute Gasteiger partial charge is 0.309 e. The fourth-order valence-electron chi connectivity index (χ4n) is 4.74. The van der Waals surface area contributed by atoms with Gasteiger partial charge in [0, 0.05) is 37.1 Å². The highest BCUT2D eigenvalue weighted by Gasteiger charge is 2.28. The van der Waals surface area contributed by atoms with Gasteiger partial charge in [-0.05, 0) is 57.6 Å². The third kappa shape index (κ3) is 5.04. The molecule has 0 aliphatic carbocycles. The largest absolute Gasteiger partial charge is 0.466 e. The lowest BCUT2D eigenvalue weighted by Gasteiger charge is -2.33. The summed E-state index contributed by atoms with van der Waals surface area (Å²) in [6.07, 6.45) is 4.46. The van der Waals surface area contributed by atoms with E-state index < -0.39 is 0 Å². The third-order valence-corrected chi connectivity index (χ3v) is 6.59. The average Bonchev–Trinajstić information content (AvgIpc) is 3.01. The highest BCUT2D eigenvalue weighted by atomic mass is 16.5. The van der Waals surface area contributed by atoms with Crippen molar-refractivity contribution in [2.45, 2.75) is 58.5 Å². The maximum Gasteiger partial charge on any atom is 0.309 e. The first kappa shape index (κ1) is 22.5. The first-order valence-electron chi connectivity index (χ1n) is 11.9. The van der Waals surface area contributed by atoms with E-state index in [0.717, 1.165) is 79.6 Å². The van der Waals surface area contributed by atoms with Gasteiger partial charge in [-0.25, -0.2) is 4.98 Å². The second-order valence-corrected chi connectivity index (χ2v) is 8.85. The van der Waals surface area contributed by atoms with Gasteiger partial charge in [-0.1, -0.05) is 18.2 Å². The molecular formula is C25H34N4O3. The Morgan fingerprint density at radius 3 is 2.84 bits per heavy atom. The predicted octanol–water partition coefficient (Wildman–Crippen LogP) is 3.08. The molecule has 0 unspecified atom stereocenters. The SMILES string of the molecule is CCOC(=O)C1CCN(c2nc3c(C)cccc3cc2CN[C@H]2CCCCNC2=O)CC1. The van der Waals surface area contributed by atoms with E-state index in [2.05, 4.69) is 46.7 Å². The van der Waals surface area contributed by atoms with Crippen LogP contribution in [0.1, 0.15) is 50.2 Å². The minimum absolute atomic E-state index is 0.0374. The first-order valence-corrected chi connectivity index (χ1v) is 11.9. The van der Waals surface area contributed by atoms with Gasteiger partial charge in [0.25, 0.3) is 0 Å². The summed E-state index contributed by atoms with van der Waals surface area (Å²) >= 11 is 0. The van der Waals surface area contributed by atoms with Crippen molar-refractivity contribution in [1.29, 1.82) is 0 Å². The molecule has 2 aliphatic rings. The molecule has 0 spiro atoms. The third-order valence-electron chi connectivity index (χ3n) is 6.59. The lowest BCUT2D eigenvalue weighted by Crippen LogP contribution is -2.43. The number of pyridine rings is 1. The number of nitrogens with one attached hydrogen (secondary N) is 2. The number of aromatic nitrogens is 1. The van der Waals surface area contributed by atoms with Crippen LogP contribution in [-0.4, -0.2) is 49.1 Å². The number of carbonyl (C=O) groups excluding carboxylic acids is 2. The number of piperidine rings is 1. The lowest BCUT2D eigenvalue weighted by atomic mass is 9.96. The van der Waals surface area contributed by atoms with Crippen LogP contribution in [-0.2, 0) is 20.9 Å². The number of fused-ring (bicyclic) bond motifs is 1. The van der Waals surface area contributed by atoms with Crippen molar-refractivity contribution in [2.24, 2.45) is 5.92 Å². The van der Waals surface area contributed by atoms with E-state index in [-0.39, 0.29) is 23.8 Å². The number of ether oxygens (including phenoxy) is 1. The summed E-state index contributed by atoms with van der Waals surface area (Å²) in [7, 11) is 0. The fraction of sp³-hybridized carbons (Fsp3) is 0.560. The molecule has 1 aromatic carbocycles. The van der Waals surface area contributed by atoms with Crippen LogP contribution in [0.25, 0.3) is 10.9 Å². The Morgan fingerprint density at radius 1 is 1.25 bits per heavy atom. The summed E-state index contributed by atoms with van der Waals surface area (Å²) < 4.78 is 5.22. The number of anilines is 1. The van der Waals surface area contributed by atoms with Crippen LogP contribution >= 0.6 is 0 Å². The van der Waals surface area contributed by atoms with Gasteiger partial charge in [0.05, 0.1) is 24.1 Å². The summed E-state index contributed by atoms with van der Waals surface area (Å²) in [5.41, 5.74) is 3.24. The monoisotopic (exact) mass is 438 g/mol. The molecule has 2 aromatic rings. The standard InChI is InChI=1S/C25H34N4O3/c1-3-32-25(31)18-10-13-29(14-11-18)23-20(15-19-8-6-7-17(2)22(19)28-23)16-27-21-9-4-5-12-26-24(21)30/h6-8,15,18,21,27H,3-5,9-14,16H2,1-2H3,(H,26,30)/t21-/m0/s1. The number of amides is 1. The molecule has 4 rings (SSSR count). The normalized spacial score (nSPS) is 20.1. The lowest BCUT2D eigenvalue weighted by molar-refractivity contribution is -0.148. The second kappa shape index (κ2) is 10.3. The van der Waals surface area contributed by atoms with Crippen molar-refractivity contribution in [1.82, 2.24) is 15.6 Å². The minimum Gasteiger partial charge on any atom is -0.466 e. The zero-order chi connectivity index (χ0) is 22.5. The fourth-order valence-corrected chi connectivity index (χ4v) is 4.74. The van der Waals surface area contributed by atoms with Crippen molar-refractivity contribution >= 4 is 28.6 Å². The highest BCUT2D eigenvalue weighted by molar-refractivity contribution is 5.85. The molecule has 32 heavy (non-hydrogen) atoms. The van der Waals surface area contributed by atoms with Gasteiger partial charge in [-0.2, -0.15) is 0 Å². The van der Waals surface area contributed by atoms with Crippen LogP contribution in [0.4, 0.5) is 5.82 Å². The Kier molecular flexibility index (Phi) is 7.25. The Balaban J connectivity index is 1.56. The summed E-state index contributed by atoms with van der Waals surface area (Å²) in [5.74, 6) is 0.917. The van der Waals surface area contributed by atoms with Gasteiger partial charge in [-0.15, -0.1) is 0 Å². The summed E-state index contributed by atoms with van der Waals surface area (Å²) in [4.78, 5) is 31.9. The zero-order valence-electron chi connectivity index (χ0n) is 19.2. The molecule has 172 valence electrons. The number of aryl methyl sites for hydroxylation is 1. The first-order chi connectivity index (χ1) is 15.6. The van der Waals surface area contributed by atoms with Crippen molar-refractivity contribution in [3.63, 3.8) is 0 Å². The molecule has 0 radical (unpaired) electrons.